The second-order valence-electron chi connectivity index (χ2n) is 12.7. The minimum absolute atomic E-state index is 0.0408. The highest BCUT2D eigenvalue weighted by Crippen LogP contribution is 2.33. The molecule has 1 aromatic heterocycles. The number of amides is 4. The molecule has 2 fully saturated rings. The Balaban J connectivity index is 1.53. The van der Waals surface area contributed by atoms with Gasteiger partial charge in [0.05, 0.1) is 22.7 Å². The summed E-state index contributed by atoms with van der Waals surface area (Å²) in [4.78, 5) is 60.7. The Bertz CT molecular complexity index is 1420. The summed E-state index contributed by atoms with van der Waals surface area (Å²) in [6.45, 7) is 10.0. The highest BCUT2D eigenvalue weighted by molar-refractivity contribution is 5.94. The normalized spacial score (nSPS) is 28.0. The molecule has 1 aromatic carbocycles. The van der Waals surface area contributed by atoms with Gasteiger partial charge in [0.1, 0.15) is 18.1 Å². The van der Waals surface area contributed by atoms with Crippen LogP contribution in [-0.2, 0) is 19.2 Å². The number of hydrogen-bond donors (Lipinski definition) is 3. The largest absolute Gasteiger partial charge is 0.343 e. The lowest BCUT2D eigenvalue weighted by atomic mass is 9.89. The molecular weight excluding hydrogens is 532 g/mol. The molecule has 0 aliphatic carbocycles. The SMILES string of the molecule is CC(C)[C@@H]1NC(=O)C(C)(C)/C=C/c2ccc3ccc(nc3c2)[C@H]2CCCN2C(=O)[C@@H]2CCCN(N2)C(=O)[C@H](C)NC1=O. The van der Waals surface area contributed by atoms with Crippen molar-refractivity contribution in [3.05, 3.63) is 47.7 Å². The number of carbonyl (C=O) groups is 4. The van der Waals surface area contributed by atoms with Gasteiger partial charge in [0.2, 0.25) is 17.7 Å². The van der Waals surface area contributed by atoms with E-state index >= 15 is 0 Å². The van der Waals surface area contributed by atoms with Crippen LogP contribution in [0.15, 0.2) is 36.4 Å². The number of rotatable bonds is 1. The van der Waals surface area contributed by atoms with E-state index in [0.717, 1.165) is 35.0 Å². The highest BCUT2D eigenvalue weighted by Gasteiger charge is 2.38. The molecule has 0 radical (unpaired) electrons. The van der Waals surface area contributed by atoms with Gasteiger partial charge in [-0.1, -0.05) is 44.2 Å². The van der Waals surface area contributed by atoms with Crippen molar-refractivity contribution < 1.29 is 19.2 Å². The van der Waals surface area contributed by atoms with Crippen LogP contribution in [-0.4, -0.2) is 69.7 Å². The lowest BCUT2D eigenvalue weighted by Gasteiger charge is -2.37. The van der Waals surface area contributed by atoms with Gasteiger partial charge in [0.25, 0.3) is 5.91 Å². The Morgan fingerprint density at radius 2 is 1.69 bits per heavy atom. The van der Waals surface area contributed by atoms with Crippen LogP contribution in [0.3, 0.4) is 0 Å². The van der Waals surface area contributed by atoms with Crippen molar-refractivity contribution in [1.82, 2.24) is 31.0 Å². The average molecular weight is 575 g/mol. The fourth-order valence-electron chi connectivity index (χ4n) is 5.94. The van der Waals surface area contributed by atoms with Gasteiger partial charge in [-0.2, -0.15) is 0 Å². The molecule has 3 aliphatic heterocycles. The first-order valence-corrected chi connectivity index (χ1v) is 15.0. The van der Waals surface area contributed by atoms with Gasteiger partial charge in [-0.15, -0.1) is 0 Å². The number of nitrogens with zero attached hydrogens (tertiary/aromatic N) is 3. The quantitative estimate of drug-likeness (QED) is 0.481. The number of nitrogens with one attached hydrogen (secondary N) is 3. The molecule has 4 atom stereocenters. The lowest BCUT2D eigenvalue weighted by Crippen LogP contribution is -2.62. The van der Waals surface area contributed by atoms with Gasteiger partial charge in [-0.05, 0) is 70.1 Å². The molecule has 42 heavy (non-hydrogen) atoms. The molecule has 2 saturated heterocycles. The maximum absolute atomic E-state index is 13.8. The molecular formula is C32H42N6O4. The predicted molar refractivity (Wildman–Crippen MR) is 160 cm³/mol. The molecule has 4 heterocycles. The van der Waals surface area contributed by atoms with E-state index in [1.165, 1.54) is 5.01 Å². The number of fused-ring (bicyclic) bond motifs is 6. The Morgan fingerprint density at radius 1 is 0.952 bits per heavy atom. The van der Waals surface area contributed by atoms with Crippen LogP contribution < -0.4 is 16.1 Å². The van der Waals surface area contributed by atoms with Gasteiger partial charge in [0.15, 0.2) is 0 Å². The van der Waals surface area contributed by atoms with Gasteiger partial charge in [0, 0.05) is 18.5 Å². The number of carbonyl (C=O) groups excluding carboxylic acids is 4. The minimum Gasteiger partial charge on any atom is -0.343 e. The van der Waals surface area contributed by atoms with Crippen LogP contribution in [0.2, 0.25) is 0 Å². The molecule has 4 amide bonds. The predicted octanol–water partition coefficient (Wildman–Crippen LogP) is 3.09. The molecule has 224 valence electrons. The molecule has 0 spiro atoms. The Kier molecular flexibility index (Phi) is 8.37. The lowest BCUT2D eigenvalue weighted by molar-refractivity contribution is -0.146. The second-order valence-corrected chi connectivity index (χ2v) is 12.7. The summed E-state index contributed by atoms with van der Waals surface area (Å²) in [5.74, 6) is -1.29. The van der Waals surface area contributed by atoms with Gasteiger partial charge < -0.3 is 15.5 Å². The van der Waals surface area contributed by atoms with Gasteiger partial charge in [-0.25, -0.2) is 5.43 Å². The first kappa shape index (κ1) is 29.7. The van der Waals surface area contributed by atoms with Crippen LogP contribution >= 0.6 is 0 Å². The molecule has 2 aromatic rings. The maximum Gasteiger partial charge on any atom is 0.258 e. The first-order chi connectivity index (χ1) is 19.9. The van der Waals surface area contributed by atoms with Crippen molar-refractivity contribution in [2.75, 3.05) is 13.1 Å². The van der Waals surface area contributed by atoms with E-state index in [4.69, 9.17) is 4.98 Å². The molecule has 3 aliphatic rings. The summed E-state index contributed by atoms with van der Waals surface area (Å²) >= 11 is 0. The summed E-state index contributed by atoms with van der Waals surface area (Å²) in [7, 11) is 0. The molecule has 10 heteroatoms. The van der Waals surface area contributed by atoms with Crippen LogP contribution in [0.4, 0.5) is 0 Å². The maximum atomic E-state index is 13.8. The Morgan fingerprint density at radius 3 is 2.45 bits per heavy atom. The van der Waals surface area contributed by atoms with Crippen LogP contribution in [0.25, 0.3) is 17.0 Å². The number of hydrogen-bond acceptors (Lipinski definition) is 6. The standard InChI is InChI=1S/C32H42N6O4/c1-19(2)27-28(39)33-20(3)29(40)38-17-6-8-24(36-38)30(41)37-16-7-9-26(37)23-13-12-22-11-10-21(18-25(22)34-23)14-15-32(4,5)31(42)35-27/h10-15,18-20,24,26-27,36H,6-9,16-17H2,1-5H3,(H,33,39)(H,35,42)/b15-14+/t20-,24-,26+,27-/m0/s1. The zero-order chi connectivity index (χ0) is 30.2. The number of benzene rings is 1. The van der Waals surface area contributed by atoms with E-state index in [9.17, 15) is 19.2 Å². The Hall–Kier alpha value is -3.79. The van der Waals surface area contributed by atoms with Crippen molar-refractivity contribution >= 4 is 40.6 Å². The molecule has 10 nitrogen and oxygen atoms in total. The van der Waals surface area contributed by atoms with Crippen molar-refractivity contribution in [2.45, 2.75) is 84.5 Å². The second kappa shape index (κ2) is 11.8. The van der Waals surface area contributed by atoms with Crippen molar-refractivity contribution in [1.29, 1.82) is 0 Å². The summed E-state index contributed by atoms with van der Waals surface area (Å²) in [5.41, 5.74) is 4.81. The third kappa shape index (κ3) is 6.04. The van der Waals surface area contributed by atoms with Gasteiger partial charge in [-0.3, -0.25) is 29.2 Å². The third-order valence-electron chi connectivity index (χ3n) is 8.61. The molecule has 0 saturated carbocycles. The summed E-state index contributed by atoms with van der Waals surface area (Å²) in [5, 5.41) is 8.14. The summed E-state index contributed by atoms with van der Waals surface area (Å²) < 4.78 is 0. The van der Waals surface area contributed by atoms with Crippen LogP contribution in [0.5, 0.6) is 0 Å². The molecule has 3 N–H and O–H groups in total. The first-order valence-electron chi connectivity index (χ1n) is 15.0. The fraction of sp³-hybridized carbons (Fsp3) is 0.531. The summed E-state index contributed by atoms with van der Waals surface area (Å²) in [6.07, 6.45) is 6.71. The topological polar surface area (TPSA) is 124 Å². The smallest absolute Gasteiger partial charge is 0.258 e. The van der Waals surface area contributed by atoms with E-state index in [1.54, 1.807) is 20.8 Å². The van der Waals surface area contributed by atoms with E-state index in [1.807, 2.05) is 61.2 Å². The van der Waals surface area contributed by atoms with E-state index in [2.05, 4.69) is 16.1 Å². The van der Waals surface area contributed by atoms with Crippen molar-refractivity contribution in [3.8, 4) is 0 Å². The number of aromatic nitrogens is 1. The summed E-state index contributed by atoms with van der Waals surface area (Å²) in [6, 6.07) is 7.66. The average Bonchev–Trinajstić information content (AvgIpc) is 3.47. The monoisotopic (exact) mass is 574 g/mol. The molecule has 5 bridgehead atoms. The van der Waals surface area contributed by atoms with Crippen molar-refractivity contribution in [3.63, 3.8) is 0 Å². The molecule has 0 unspecified atom stereocenters. The minimum atomic E-state index is -0.907. The molecule has 5 rings (SSSR count). The number of pyridine rings is 1. The Labute approximate surface area is 247 Å². The van der Waals surface area contributed by atoms with E-state index in [-0.39, 0.29) is 29.7 Å². The number of hydrazine groups is 1. The zero-order valence-electron chi connectivity index (χ0n) is 25.1. The third-order valence-corrected chi connectivity index (χ3v) is 8.61. The van der Waals surface area contributed by atoms with Gasteiger partial charge >= 0.3 is 0 Å². The van der Waals surface area contributed by atoms with Crippen molar-refractivity contribution in [2.24, 2.45) is 11.3 Å². The van der Waals surface area contributed by atoms with E-state index < -0.39 is 29.4 Å². The zero-order valence-corrected chi connectivity index (χ0v) is 25.1. The van der Waals surface area contributed by atoms with E-state index in [0.29, 0.717) is 25.9 Å². The van der Waals surface area contributed by atoms with Crippen LogP contribution in [0.1, 0.15) is 77.6 Å². The highest BCUT2D eigenvalue weighted by atomic mass is 16.2. The fourth-order valence-corrected chi connectivity index (χ4v) is 5.94. The van der Waals surface area contributed by atoms with Crippen LogP contribution in [0, 0.1) is 11.3 Å².